The SMILES string of the molecule is COc1ccc(C(C)=O)cc1CC(=O)NCCC1CCNC1. The van der Waals surface area contributed by atoms with Crippen molar-refractivity contribution in [3.63, 3.8) is 0 Å². The van der Waals surface area contributed by atoms with Crippen LogP contribution >= 0.6 is 0 Å². The van der Waals surface area contributed by atoms with Crippen LogP contribution in [0.5, 0.6) is 5.75 Å². The van der Waals surface area contributed by atoms with Crippen molar-refractivity contribution in [2.45, 2.75) is 26.2 Å². The van der Waals surface area contributed by atoms with E-state index in [0.717, 1.165) is 25.1 Å². The molecule has 1 aliphatic heterocycles. The number of hydrogen-bond acceptors (Lipinski definition) is 4. The normalized spacial score (nSPS) is 17.3. The molecule has 0 aromatic heterocycles. The Morgan fingerprint density at radius 1 is 1.41 bits per heavy atom. The van der Waals surface area contributed by atoms with Gasteiger partial charge < -0.3 is 15.4 Å². The smallest absolute Gasteiger partial charge is 0.224 e. The highest BCUT2D eigenvalue weighted by Gasteiger charge is 2.15. The van der Waals surface area contributed by atoms with Gasteiger partial charge in [-0.25, -0.2) is 0 Å². The lowest BCUT2D eigenvalue weighted by atomic mass is 10.0. The lowest BCUT2D eigenvalue weighted by Crippen LogP contribution is -2.28. The van der Waals surface area contributed by atoms with E-state index in [0.29, 0.717) is 23.8 Å². The van der Waals surface area contributed by atoms with E-state index < -0.39 is 0 Å². The molecule has 0 bridgehead atoms. The summed E-state index contributed by atoms with van der Waals surface area (Å²) in [5, 5.41) is 6.27. The van der Waals surface area contributed by atoms with Crippen molar-refractivity contribution in [2.24, 2.45) is 5.92 Å². The first-order valence-corrected chi connectivity index (χ1v) is 7.75. The van der Waals surface area contributed by atoms with E-state index in [4.69, 9.17) is 4.74 Å². The number of carbonyl (C=O) groups is 2. The molecule has 120 valence electrons. The second-order valence-corrected chi connectivity index (χ2v) is 5.76. The molecule has 1 saturated heterocycles. The Bertz CT molecular complexity index is 537. The highest BCUT2D eigenvalue weighted by Crippen LogP contribution is 2.21. The molecule has 1 fully saturated rings. The van der Waals surface area contributed by atoms with Crippen LogP contribution in [-0.4, -0.2) is 38.4 Å². The lowest BCUT2D eigenvalue weighted by Gasteiger charge is -2.12. The van der Waals surface area contributed by atoms with E-state index >= 15 is 0 Å². The van der Waals surface area contributed by atoms with Gasteiger partial charge in [-0.3, -0.25) is 9.59 Å². The molecular weight excluding hydrogens is 280 g/mol. The van der Waals surface area contributed by atoms with Gasteiger partial charge in [-0.15, -0.1) is 0 Å². The van der Waals surface area contributed by atoms with E-state index in [9.17, 15) is 9.59 Å². The molecule has 5 heteroatoms. The molecule has 1 atom stereocenters. The van der Waals surface area contributed by atoms with E-state index in [2.05, 4.69) is 10.6 Å². The number of hydrogen-bond donors (Lipinski definition) is 2. The molecule has 5 nitrogen and oxygen atoms in total. The topological polar surface area (TPSA) is 67.4 Å². The number of carbonyl (C=O) groups excluding carboxylic acids is 2. The van der Waals surface area contributed by atoms with Gasteiger partial charge in [0.2, 0.25) is 5.91 Å². The minimum absolute atomic E-state index is 0.0157. The predicted octanol–water partition coefficient (Wildman–Crippen LogP) is 1.56. The molecule has 0 aliphatic carbocycles. The van der Waals surface area contributed by atoms with Gasteiger partial charge in [0.05, 0.1) is 13.5 Å². The second-order valence-electron chi connectivity index (χ2n) is 5.76. The largest absolute Gasteiger partial charge is 0.496 e. The lowest BCUT2D eigenvalue weighted by molar-refractivity contribution is -0.120. The number of rotatable bonds is 7. The van der Waals surface area contributed by atoms with Crippen LogP contribution in [0.1, 0.15) is 35.7 Å². The summed E-state index contributed by atoms with van der Waals surface area (Å²) in [6.45, 7) is 4.33. The van der Waals surface area contributed by atoms with Crippen molar-refractivity contribution in [3.8, 4) is 5.75 Å². The highest BCUT2D eigenvalue weighted by atomic mass is 16.5. The van der Waals surface area contributed by atoms with Crippen LogP contribution < -0.4 is 15.4 Å². The van der Waals surface area contributed by atoms with Gasteiger partial charge in [0.1, 0.15) is 5.75 Å². The molecule has 1 amide bonds. The van der Waals surface area contributed by atoms with Gasteiger partial charge in [0.15, 0.2) is 5.78 Å². The second kappa shape index (κ2) is 7.94. The van der Waals surface area contributed by atoms with Gasteiger partial charge in [-0.2, -0.15) is 0 Å². The maximum Gasteiger partial charge on any atom is 0.224 e. The van der Waals surface area contributed by atoms with Crippen LogP contribution in [0.3, 0.4) is 0 Å². The monoisotopic (exact) mass is 304 g/mol. The minimum atomic E-state index is -0.0371. The van der Waals surface area contributed by atoms with Crippen LogP contribution in [0, 0.1) is 5.92 Å². The van der Waals surface area contributed by atoms with Crippen LogP contribution in [0.2, 0.25) is 0 Å². The van der Waals surface area contributed by atoms with Crippen molar-refractivity contribution < 1.29 is 14.3 Å². The summed E-state index contributed by atoms with van der Waals surface area (Å²) in [6, 6.07) is 5.20. The quantitative estimate of drug-likeness (QED) is 0.750. The summed E-state index contributed by atoms with van der Waals surface area (Å²) in [5.74, 6) is 1.25. The van der Waals surface area contributed by atoms with E-state index in [-0.39, 0.29) is 18.1 Å². The van der Waals surface area contributed by atoms with E-state index in [1.54, 1.807) is 25.3 Å². The average molecular weight is 304 g/mol. The first-order valence-electron chi connectivity index (χ1n) is 7.75. The van der Waals surface area contributed by atoms with Crippen LogP contribution in [0.25, 0.3) is 0 Å². The first-order chi connectivity index (χ1) is 10.6. The van der Waals surface area contributed by atoms with Gasteiger partial charge >= 0.3 is 0 Å². The average Bonchev–Trinajstić information content (AvgIpc) is 3.00. The Morgan fingerprint density at radius 3 is 2.86 bits per heavy atom. The van der Waals surface area contributed by atoms with Crippen molar-refractivity contribution in [3.05, 3.63) is 29.3 Å². The van der Waals surface area contributed by atoms with Crippen molar-refractivity contribution in [1.82, 2.24) is 10.6 Å². The zero-order valence-electron chi connectivity index (χ0n) is 13.3. The molecule has 1 aliphatic rings. The minimum Gasteiger partial charge on any atom is -0.496 e. The van der Waals surface area contributed by atoms with E-state index in [1.807, 2.05) is 0 Å². The predicted molar refractivity (Wildman–Crippen MR) is 85.3 cm³/mol. The molecule has 0 radical (unpaired) electrons. The molecule has 0 spiro atoms. The third kappa shape index (κ3) is 4.56. The molecule has 1 unspecified atom stereocenters. The Labute approximate surface area is 131 Å². The molecule has 22 heavy (non-hydrogen) atoms. The summed E-state index contributed by atoms with van der Waals surface area (Å²) in [6.07, 6.45) is 2.42. The zero-order valence-corrected chi connectivity index (χ0v) is 13.3. The summed E-state index contributed by atoms with van der Waals surface area (Å²) >= 11 is 0. The fraction of sp³-hybridized carbons (Fsp3) is 0.529. The van der Waals surface area contributed by atoms with Crippen molar-refractivity contribution in [1.29, 1.82) is 0 Å². The Balaban J connectivity index is 1.89. The van der Waals surface area contributed by atoms with Crippen LogP contribution in [0.15, 0.2) is 18.2 Å². The fourth-order valence-corrected chi connectivity index (χ4v) is 2.75. The van der Waals surface area contributed by atoms with Crippen molar-refractivity contribution >= 4 is 11.7 Å². The standard InChI is InChI=1S/C17H24N2O3/c1-12(20)14-3-4-16(22-2)15(9-14)10-17(21)19-8-6-13-5-7-18-11-13/h3-4,9,13,18H,5-8,10-11H2,1-2H3,(H,19,21). The van der Waals surface area contributed by atoms with Gasteiger partial charge in [0.25, 0.3) is 0 Å². The third-order valence-electron chi connectivity index (χ3n) is 4.08. The maximum atomic E-state index is 12.1. The number of Topliss-reactive ketones (excluding diaryl/α,β-unsaturated/α-hetero) is 1. The van der Waals surface area contributed by atoms with E-state index in [1.165, 1.54) is 13.3 Å². The molecule has 2 N–H and O–H groups in total. The number of amides is 1. The molecular formula is C17H24N2O3. The Kier molecular flexibility index (Phi) is 5.95. The molecule has 0 saturated carbocycles. The number of methoxy groups -OCH3 is 1. The van der Waals surface area contributed by atoms with Crippen molar-refractivity contribution in [2.75, 3.05) is 26.7 Å². The molecule has 1 aromatic rings. The van der Waals surface area contributed by atoms with Gasteiger partial charge in [-0.1, -0.05) is 0 Å². The Morgan fingerprint density at radius 2 is 2.23 bits per heavy atom. The summed E-state index contributed by atoms with van der Waals surface area (Å²) < 4.78 is 5.27. The van der Waals surface area contributed by atoms with Crippen LogP contribution in [0.4, 0.5) is 0 Å². The summed E-state index contributed by atoms with van der Waals surface area (Å²) in [4.78, 5) is 23.5. The summed E-state index contributed by atoms with van der Waals surface area (Å²) in [5.41, 5.74) is 1.34. The first kappa shape index (κ1) is 16.5. The zero-order chi connectivity index (χ0) is 15.9. The molecule has 1 aromatic carbocycles. The van der Waals surface area contributed by atoms with Crippen LogP contribution in [-0.2, 0) is 11.2 Å². The third-order valence-corrected chi connectivity index (χ3v) is 4.08. The molecule has 2 rings (SSSR count). The number of benzene rings is 1. The number of nitrogens with one attached hydrogen (secondary N) is 2. The fourth-order valence-electron chi connectivity index (χ4n) is 2.75. The summed E-state index contributed by atoms with van der Waals surface area (Å²) in [7, 11) is 1.57. The molecule has 1 heterocycles. The Hall–Kier alpha value is -1.88. The highest BCUT2D eigenvalue weighted by molar-refractivity contribution is 5.94. The maximum absolute atomic E-state index is 12.1. The van der Waals surface area contributed by atoms with Gasteiger partial charge in [0, 0.05) is 17.7 Å². The van der Waals surface area contributed by atoms with Gasteiger partial charge in [-0.05, 0) is 57.0 Å². The number of ketones is 1. The number of ether oxygens (including phenoxy) is 1.